The average molecular weight is 387 g/mol. The van der Waals surface area contributed by atoms with E-state index in [9.17, 15) is 15.6 Å². The molecule has 0 bridgehead atoms. The van der Waals surface area contributed by atoms with Crippen LogP contribution in [0.4, 0.5) is 0 Å². The second-order valence-electron chi connectivity index (χ2n) is 6.19. The summed E-state index contributed by atoms with van der Waals surface area (Å²) in [7, 11) is 0. The SMILES string of the molecule is CCc1nc2n(c1C(C#N)C1=CC(C#N)=C(O)C(Br)C1)CCCC2. The van der Waals surface area contributed by atoms with E-state index in [2.05, 4.69) is 33.5 Å². The fraction of sp³-hybridized carbons (Fsp3) is 0.500. The number of allylic oxidation sites excluding steroid dienone is 4. The van der Waals surface area contributed by atoms with E-state index in [0.717, 1.165) is 55.0 Å². The topological polar surface area (TPSA) is 85.6 Å². The Morgan fingerprint density at radius 3 is 2.92 bits per heavy atom. The summed E-state index contributed by atoms with van der Waals surface area (Å²) in [5, 5.41) is 29.1. The first kappa shape index (κ1) is 16.8. The van der Waals surface area contributed by atoms with E-state index in [1.165, 1.54) is 0 Å². The Morgan fingerprint density at radius 1 is 1.46 bits per heavy atom. The minimum Gasteiger partial charge on any atom is -0.510 e. The van der Waals surface area contributed by atoms with Crippen LogP contribution >= 0.6 is 15.9 Å². The maximum absolute atomic E-state index is 10.00. The van der Waals surface area contributed by atoms with Crippen LogP contribution < -0.4 is 0 Å². The third kappa shape index (κ3) is 2.76. The number of imidazole rings is 1. The molecule has 2 unspecified atom stereocenters. The second-order valence-corrected chi connectivity index (χ2v) is 7.29. The van der Waals surface area contributed by atoms with Crippen LogP contribution in [-0.4, -0.2) is 19.5 Å². The standard InChI is InChI=1S/C18H19BrN4O/c1-2-15-17(23-6-4-3-5-16(23)22-15)13(10-21)11-7-12(9-20)18(24)14(19)8-11/h7,13-14,24H,2-6,8H2,1H3. The number of rotatable bonds is 3. The van der Waals surface area contributed by atoms with Crippen molar-refractivity contribution in [1.82, 2.24) is 9.55 Å². The summed E-state index contributed by atoms with van der Waals surface area (Å²) >= 11 is 3.41. The summed E-state index contributed by atoms with van der Waals surface area (Å²) in [5.41, 5.74) is 3.04. The van der Waals surface area contributed by atoms with Gasteiger partial charge in [0.05, 0.1) is 27.9 Å². The number of aryl methyl sites for hydroxylation is 2. The summed E-state index contributed by atoms with van der Waals surface area (Å²) in [6.07, 6.45) is 6.16. The smallest absolute Gasteiger partial charge is 0.124 e. The first-order valence-electron chi connectivity index (χ1n) is 8.26. The predicted octanol–water partition coefficient (Wildman–Crippen LogP) is 3.82. The lowest BCUT2D eigenvalue weighted by atomic mass is 9.86. The van der Waals surface area contributed by atoms with Crippen LogP contribution in [-0.2, 0) is 19.4 Å². The molecule has 0 radical (unpaired) electrons. The van der Waals surface area contributed by atoms with Gasteiger partial charge < -0.3 is 9.67 Å². The molecule has 2 aliphatic rings. The number of nitrogens with zero attached hydrogens (tertiary/aromatic N) is 4. The molecular formula is C18H19BrN4O. The summed E-state index contributed by atoms with van der Waals surface area (Å²) < 4.78 is 2.20. The predicted molar refractivity (Wildman–Crippen MR) is 93.6 cm³/mol. The fourth-order valence-corrected chi connectivity index (χ4v) is 4.17. The molecule has 24 heavy (non-hydrogen) atoms. The number of fused-ring (bicyclic) bond motifs is 1. The van der Waals surface area contributed by atoms with E-state index in [1.54, 1.807) is 6.08 Å². The molecule has 124 valence electrons. The molecule has 0 spiro atoms. The minimum atomic E-state index is -0.434. The third-order valence-corrected chi connectivity index (χ3v) is 5.50. The van der Waals surface area contributed by atoms with Crippen LogP contribution in [0.15, 0.2) is 23.0 Å². The van der Waals surface area contributed by atoms with Crippen LogP contribution in [0, 0.1) is 22.7 Å². The van der Waals surface area contributed by atoms with Crippen molar-refractivity contribution in [1.29, 1.82) is 10.5 Å². The number of hydrogen-bond acceptors (Lipinski definition) is 4. The first-order chi connectivity index (χ1) is 11.6. The summed E-state index contributed by atoms with van der Waals surface area (Å²) in [6, 6.07) is 4.44. The normalized spacial score (nSPS) is 21.5. The van der Waals surface area contributed by atoms with Gasteiger partial charge in [-0.3, -0.25) is 0 Å². The van der Waals surface area contributed by atoms with Gasteiger partial charge in [-0.15, -0.1) is 0 Å². The number of alkyl halides is 1. The molecule has 0 saturated heterocycles. The van der Waals surface area contributed by atoms with Crippen molar-refractivity contribution in [3.8, 4) is 12.1 Å². The van der Waals surface area contributed by atoms with Crippen LogP contribution in [0.25, 0.3) is 0 Å². The van der Waals surface area contributed by atoms with Gasteiger partial charge in [0, 0.05) is 13.0 Å². The zero-order chi connectivity index (χ0) is 17.3. The molecule has 1 aliphatic heterocycles. The highest BCUT2D eigenvalue weighted by Crippen LogP contribution is 2.38. The number of aliphatic hydroxyl groups is 1. The van der Waals surface area contributed by atoms with Gasteiger partial charge >= 0.3 is 0 Å². The number of halogens is 1. The summed E-state index contributed by atoms with van der Waals surface area (Å²) in [6.45, 7) is 2.95. The Hall–Kier alpha value is -2.05. The highest BCUT2D eigenvalue weighted by Gasteiger charge is 2.31. The van der Waals surface area contributed by atoms with Crippen molar-refractivity contribution < 1.29 is 5.11 Å². The Kier molecular flexibility index (Phi) is 4.78. The number of aliphatic hydroxyl groups excluding tert-OH is 1. The van der Waals surface area contributed by atoms with E-state index in [1.807, 2.05) is 6.07 Å². The Morgan fingerprint density at radius 2 is 2.25 bits per heavy atom. The van der Waals surface area contributed by atoms with Gasteiger partial charge in [-0.25, -0.2) is 4.98 Å². The maximum atomic E-state index is 10.00. The molecule has 0 fully saturated rings. The van der Waals surface area contributed by atoms with Gasteiger partial charge in [0.15, 0.2) is 0 Å². The van der Waals surface area contributed by atoms with Crippen molar-refractivity contribution in [3.63, 3.8) is 0 Å². The fourth-order valence-electron chi connectivity index (χ4n) is 3.55. The molecule has 3 rings (SSSR count). The molecule has 6 heteroatoms. The number of aromatic nitrogens is 2. The summed E-state index contributed by atoms with van der Waals surface area (Å²) in [5.74, 6) is 0.679. The van der Waals surface area contributed by atoms with Gasteiger partial charge in [0.2, 0.25) is 0 Å². The maximum Gasteiger partial charge on any atom is 0.124 e. The average Bonchev–Trinajstić information content (AvgIpc) is 2.97. The highest BCUT2D eigenvalue weighted by atomic mass is 79.9. The van der Waals surface area contributed by atoms with Crippen molar-refractivity contribution in [2.75, 3.05) is 0 Å². The van der Waals surface area contributed by atoms with Crippen LogP contribution in [0.2, 0.25) is 0 Å². The molecule has 1 aliphatic carbocycles. The Balaban J connectivity index is 2.10. The minimum absolute atomic E-state index is 0.0453. The second kappa shape index (κ2) is 6.83. The van der Waals surface area contributed by atoms with Crippen LogP contribution in [0.3, 0.4) is 0 Å². The lowest BCUT2D eigenvalue weighted by molar-refractivity contribution is 0.387. The molecular weight excluding hydrogens is 368 g/mol. The zero-order valence-electron chi connectivity index (χ0n) is 13.6. The molecule has 0 amide bonds. The summed E-state index contributed by atoms with van der Waals surface area (Å²) in [4.78, 5) is 4.43. The molecule has 5 nitrogen and oxygen atoms in total. The van der Waals surface area contributed by atoms with Crippen molar-refractivity contribution in [2.45, 2.75) is 56.3 Å². The first-order valence-corrected chi connectivity index (χ1v) is 9.17. The number of hydrogen-bond donors (Lipinski definition) is 1. The lowest BCUT2D eigenvalue weighted by Crippen LogP contribution is -2.19. The largest absolute Gasteiger partial charge is 0.510 e. The molecule has 2 heterocycles. The van der Waals surface area contributed by atoms with Gasteiger partial charge in [-0.05, 0) is 37.3 Å². The quantitative estimate of drug-likeness (QED) is 0.799. The third-order valence-electron chi connectivity index (χ3n) is 4.74. The van der Waals surface area contributed by atoms with Crippen molar-refractivity contribution >= 4 is 15.9 Å². The van der Waals surface area contributed by atoms with Gasteiger partial charge in [0.25, 0.3) is 0 Å². The van der Waals surface area contributed by atoms with E-state index in [4.69, 9.17) is 4.98 Å². The Labute approximate surface area is 150 Å². The van der Waals surface area contributed by atoms with E-state index in [-0.39, 0.29) is 16.2 Å². The van der Waals surface area contributed by atoms with E-state index < -0.39 is 5.92 Å². The van der Waals surface area contributed by atoms with Crippen molar-refractivity contribution in [3.05, 3.63) is 40.2 Å². The molecule has 1 N–H and O–H groups in total. The number of nitriles is 2. The van der Waals surface area contributed by atoms with E-state index >= 15 is 0 Å². The molecule has 0 saturated carbocycles. The van der Waals surface area contributed by atoms with Crippen molar-refractivity contribution in [2.24, 2.45) is 0 Å². The molecule has 2 atom stereocenters. The van der Waals surface area contributed by atoms with Gasteiger partial charge in [-0.2, -0.15) is 10.5 Å². The Bertz CT molecular complexity index is 806. The van der Waals surface area contributed by atoms with Crippen LogP contribution in [0.5, 0.6) is 0 Å². The van der Waals surface area contributed by atoms with Gasteiger partial charge in [0.1, 0.15) is 23.6 Å². The monoisotopic (exact) mass is 386 g/mol. The molecule has 1 aromatic heterocycles. The zero-order valence-corrected chi connectivity index (χ0v) is 15.2. The molecule has 0 aromatic carbocycles. The van der Waals surface area contributed by atoms with E-state index in [0.29, 0.717) is 6.42 Å². The van der Waals surface area contributed by atoms with Crippen LogP contribution in [0.1, 0.15) is 49.3 Å². The highest BCUT2D eigenvalue weighted by molar-refractivity contribution is 9.09. The lowest BCUT2D eigenvalue weighted by Gasteiger charge is -2.24. The molecule has 1 aromatic rings. The van der Waals surface area contributed by atoms with Gasteiger partial charge in [-0.1, -0.05) is 22.9 Å².